The van der Waals surface area contributed by atoms with Gasteiger partial charge in [-0.1, -0.05) is 61.4 Å². The fourth-order valence-corrected chi connectivity index (χ4v) is 3.63. The second-order valence-corrected chi connectivity index (χ2v) is 7.11. The van der Waals surface area contributed by atoms with Gasteiger partial charge in [-0.3, -0.25) is 9.89 Å². The molecule has 0 saturated carbocycles. The first-order valence-corrected chi connectivity index (χ1v) is 9.57. The van der Waals surface area contributed by atoms with Crippen molar-refractivity contribution in [3.63, 3.8) is 0 Å². The van der Waals surface area contributed by atoms with Crippen molar-refractivity contribution in [2.24, 2.45) is 0 Å². The van der Waals surface area contributed by atoms with Gasteiger partial charge in [0.25, 0.3) is 5.91 Å². The van der Waals surface area contributed by atoms with E-state index in [-0.39, 0.29) is 5.91 Å². The minimum Gasteiger partial charge on any atom is -0.355 e. The molecular formula is C23H21N3OS. The molecule has 0 aliphatic heterocycles. The molecule has 2 N–H and O–H groups in total. The standard InChI is InChI=1S/C23H21N3OS/c1-4-5-8-16(2)11-14-20-18-13-12-17(15-21(18)26-25-20)28-22-10-7-6-9-19(22)23(27)24-3/h4-15H,1-2H2,3H3,(H,24,27)(H,25,26)/b8-5-,14-11-. The number of carbonyl (C=O) groups excluding carboxylic acids is 1. The highest BCUT2D eigenvalue weighted by Crippen LogP contribution is 2.32. The quantitative estimate of drug-likeness (QED) is 0.535. The van der Waals surface area contributed by atoms with Gasteiger partial charge in [-0.15, -0.1) is 0 Å². The van der Waals surface area contributed by atoms with Gasteiger partial charge in [0.15, 0.2) is 0 Å². The van der Waals surface area contributed by atoms with Crippen LogP contribution in [-0.4, -0.2) is 23.2 Å². The van der Waals surface area contributed by atoms with Crippen LogP contribution in [0.4, 0.5) is 0 Å². The predicted octanol–water partition coefficient (Wildman–Crippen LogP) is 5.39. The maximum Gasteiger partial charge on any atom is 0.252 e. The number of aromatic amines is 1. The van der Waals surface area contributed by atoms with E-state index >= 15 is 0 Å². The van der Waals surface area contributed by atoms with Crippen molar-refractivity contribution in [2.45, 2.75) is 9.79 Å². The normalized spacial score (nSPS) is 11.3. The summed E-state index contributed by atoms with van der Waals surface area (Å²) in [6.07, 6.45) is 9.29. The van der Waals surface area contributed by atoms with Crippen LogP contribution in [-0.2, 0) is 0 Å². The number of nitrogens with one attached hydrogen (secondary N) is 2. The fraction of sp³-hybridized carbons (Fsp3) is 0.0435. The molecule has 0 spiro atoms. The molecule has 0 aliphatic rings. The Kier molecular flexibility index (Phi) is 6.29. The summed E-state index contributed by atoms with van der Waals surface area (Å²) in [5, 5.41) is 11.2. The summed E-state index contributed by atoms with van der Waals surface area (Å²) in [6, 6.07) is 13.7. The summed E-state index contributed by atoms with van der Waals surface area (Å²) in [6.45, 7) is 7.61. The van der Waals surface area contributed by atoms with Crippen LogP contribution in [0.2, 0.25) is 0 Å². The Labute approximate surface area is 168 Å². The summed E-state index contributed by atoms with van der Waals surface area (Å²) in [5.41, 5.74) is 3.32. The summed E-state index contributed by atoms with van der Waals surface area (Å²) < 4.78 is 0. The van der Waals surface area contributed by atoms with E-state index < -0.39 is 0 Å². The predicted molar refractivity (Wildman–Crippen MR) is 118 cm³/mol. The molecule has 0 fully saturated rings. The van der Waals surface area contributed by atoms with Crippen LogP contribution in [0.25, 0.3) is 17.0 Å². The maximum atomic E-state index is 12.1. The molecule has 3 aromatic rings. The molecule has 4 nitrogen and oxygen atoms in total. The number of carbonyl (C=O) groups is 1. The number of amides is 1. The number of rotatable bonds is 7. The highest BCUT2D eigenvalue weighted by atomic mass is 32.2. The molecule has 140 valence electrons. The Morgan fingerprint density at radius 2 is 2.04 bits per heavy atom. The summed E-state index contributed by atoms with van der Waals surface area (Å²) in [4.78, 5) is 14.0. The van der Waals surface area contributed by atoms with E-state index in [2.05, 4.69) is 28.7 Å². The molecule has 0 aliphatic carbocycles. The van der Waals surface area contributed by atoms with Crippen LogP contribution >= 0.6 is 11.8 Å². The molecule has 28 heavy (non-hydrogen) atoms. The molecular weight excluding hydrogens is 366 g/mol. The molecule has 0 bridgehead atoms. The number of benzene rings is 2. The molecule has 0 saturated heterocycles. The van der Waals surface area contributed by atoms with E-state index in [1.165, 1.54) is 0 Å². The zero-order chi connectivity index (χ0) is 19.9. The Morgan fingerprint density at radius 3 is 2.82 bits per heavy atom. The van der Waals surface area contributed by atoms with Crippen molar-refractivity contribution >= 4 is 34.6 Å². The van der Waals surface area contributed by atoms with E-state index in [4.69, 9.17) is 0 Å². The lowest BCUT2D eigenvalue weighted by atomic mass is 10.1. The molecule has 5 heteroatoms. The Bertz CT molecular complexity index is 1090. The van der Waals surface area contributed by atoms with Crippen molar-refractivity contribution in [3.8, 4) is 0 Å². The van der Waals surface area contributed by atoms with E-state index in [1.54, 1.807) is 24.9 Å². The van der Waals surface area contributed by atoms with Crippen LogP contribution in [0, 0.1) is 0 Å². The van der Waals surface area contributed by atoms with Crippen molar-refractivity contribution < 1.29 is 4.79 Å². The lowest BCUT2D eigenvalue weighted by Crippen LogP contribution is -2.18. The first-order chi connectivity index (χ1) is 13.6. The average molecular weight is 388 g/mol. The molecule has 2 aromatic carbocycles. The smallest absolute Gasteiger partial charge is 0.252 e. The topological polar surface area (TPSA) is 57.8 Å². The second-order valence-electron chi connectivity index (χ2n) is 6.00. The Morgan fingerprint density at radius 1 is 1.21 bits per heavy atom. The number of hydrogen-bond acceptors (Lipinski definition) is 3. The average Bonchev–Trinajstić information content (AvgIpc) is 3.12. The van der Waals surface area contributed by atoms with Crippen LogP contribution in [0.15, 0.2) is 95.3 Å². The second kappa shape index (κ2) is 9.06. The number of allylic oxidation sites excluding steroid dienone is 5. The van der Waals surface area contributed by atoms with E-state index in [0.29, 0.717) is 5.56 Å². The minimum atomic E-state index is -0.0936. The first-order valence-electron chi connectivity index (χ1n) is 8.75. The summed E-state index contributed by atoms with van der Waals surface area (Å²) in [5.74, 6) is -0.0936. The van der Waals surface area contributed by atoms with Crippen LogP contribution in [0.3, 0.4) is 0 Å². The molecule has 1 heterocycles. The minimum absolute atomic E-state index is 0.0936. The SMILES string of the molecule is C=C/C=C\C(=C)/C=C\c1n[nH]c2cc(Sc3ccccc3C(=O)NC)ccc12. The monoisotopic (exact) mass is 387 g/mol. The molecule has 0 radical (unpaired) electrons. The van der Waals surface area contributed by atoms with Crippen LogP contribution in [0.5, 0.6) is 0 Å². The third kappa shape index (κ3) is 4.50. The van der Waals surface area contributed by atoms with Crippen LogP contribution in [0.1, 0.15) is 16.1 Å². The van der Waals surface area contributed by atoms with Gasteiger partial charge in [-0.2, -0.15) is 5.10 Å². The molecule has 0 atom stereocenters. The lowest BCUT2D eigenvalue weighted by Gasteiger charge is -2.08. The number of aromatic nitrogens is 2. The Balaban J connectivity index is 1.84. The first kappa shape index (κ1) is 19.5. The van der Waals surface area contributed by atoms with Gasteiger partial charge in [0.1, 0.15) is 0 Å². The van der Waals surface area contributed by atoms with Gasteiger partial charge >= 0.3 is 0 Å². The van der Waals surface area contributed by atoms with Crippen molar-refractivity contribution in [3.05, 3.63) is 96.8 Å². The molecule has 1 aromatic heterocycles. The zero-order valence-electron chi connectivity index (χ0n) is 15.6. The van der Waals surface area contributed by atoms with Crippen molar-refractivity contribution in [1.29, 1.82) is 0 Å². The summed E-state index contributed by atoms with van der Waals surface area (Å²) in [7, 11) is 1.64. The maximum absolute atomic E-state index is 12.1. The largest absolute Gasteiger partial charge is 0.355 e. The highest BCUT2D eigenvalue weighted by molar-refractivity contribution is 7.99. The van der Waals surface area contributed by atoms with Crippen molar-refractivity contribution in [1.82, 2.24) is 15.5 Å². The van der Waals surface area contributed by atoms with Gasteiger partial charge in [-0.25, -0.2) is 0 Å². The third-order valence-corrected chi connectivity index (χ3v) is 5.12. The third-order valence-electron chi connectivity index (χ3n) is 4.05. The Hall–Kier alpha value is -3.31. The summed E-state index contributed by atoms with van der Waals surface area (Å²) >= 11 is 1.55. The van der Waals surface area contributed by atoms with Crippen LogP contribution < -0.4 is 5.32 Å². The number of fused-ring (bicyclic) bond motifs is 1. The number of hydrogen-bond donors (Lipinski definition) is 2. The van der Waals surface area contributed by atoms with Gasteiger partial charge in [0.05, 0.1) is 16.8 Å². The van der Waals surface area contributed by atoms with Gasteiger partial charge in [-0.05, 0) is 42.0 Å². The molecule has 3 rings (SSSR count). The van der Waals surface area contributed by atoms with Gasteiger partial charge in [0.2, 0.25) is 0 Å². The zero-order valence-corrected chi connectivity index (χ0v) is 16.4. The molecule has 1 amide bonds. The van der Waals surface area contributed by atoms with Gasteiger partial charge < -0.3 is 5.32 Å². The van der Waals surface area contributed by atoms with Gasteiger partial charge in [0, 0.05) is 22.2 Å². The lowest BCUT2D eigenvalue weighted by molar-refractivity contribution is 0.0960. The number of nitrogens with zero attached hydrogens (tertiary/aromatic N) is 1. The van der Waals surface area contributed by atoms with E-state index in [9.17, 15) is 4.79 Å². The fourth-order valence-electron chi connectivity index (χ4n) is 2.65. The van der Waals surface area contributed by atoms with Crippen molar-refractivity contribution in [2.75, 3.05) is 7.05 Å². The van der Waals surface area contributed by atoms with E-state index in [1.807, 2.05) is 66.8 Å². The number of H-pyrrole nitrogens is 1. The van der Waals surface area contributed by atoms with E-state index in [0.717, 1.165) is 32.0 Å². The highest BCUT2D eigenvalue weighted by Gasteiger charge is 2.11. The molecule has 0 unspecified atom stereocenters.